The summed E-state index contributed by atoms with van der Waals surface area (Å²) in [4.78, 5) is 3.17. The molecule has 0 saturated carbocycles. The van der Waals surface area contributed by atoms with Gasteiger partial charge in [-0.05, 0) is 36.4 Å². The van der Waals surface area contributed by atoms with E-state index in [9.17, 15) is 13.2 Å². The molecule has 0 spiro atoms. The maximum absolute atomic E-state index is 11.9. The van der Waals surface area contributed by atoms with E-state index in [1.807, 2.05) is 30.5 Å². The van der Waals surface area contributed by atoms with Gasteiger partial charge in [-0.2, -0.15) is 13.2 Å². The predicted molar refractivity (Wildman–Crippen MR) is 69.9 cm³/mol. The van der Waals surface area contributed by atoms with Crippen LogP contribution in [0.3, 0.4) is 0 Å². The highest BCUT2D eigenvalue weighted by Gasteiger charge is 2.25. The normalized spacial score (nSPS) is 12.2. The van der Waals surface area contributed by atoms with E-state index in [1.54, 1.807) is 0 Å². The molecule has 2 rings (SSSR count). The van der Waals surface area contributed by atoms with Gasteiger partial charge < -0.3 is 10.3 Å². The van der Waals surface area contributed by atoms with E-state index in [-0.39, 0.29) is 6.42 Å². The van der Waals surface area contributed by atoms with E-state index in [0.717, 1.165) is 16.5 Å². The summed E-state index contributed by atoms with van der Waals surface area (Å²) in [6.45, 7) is 1.27. The van der Waals surface area contributed by atoms with Crippen LogP contribution in [0.4, 0.5) is 13.2 Å². The van der Waals surface area contributed by atoms with Gasteiger partial charge in [-0.15, -0.1) is 0 Å². The van der Waals surface area contributed by atoms with Crippen molar-refractivity contribution in [3.63, 3.8) is 0 Å². The summed E-state index contributed by atoms with van der Waals surface area (Å²) < 4.78 is 35.8. The molecule has 2 nitrogen and oxygen atoms in total. The second-order valence-electron chi connectivity index (χ2n) is 4.61. The van der Waals surface area contributed by atoms with Crippen molar-refractivity contribution in [1.29, 1.82) is 0 Å². The van der Waals surface area contributed by atoms with Crippen LogP contribution >= 0.6 is 0 Å². The van der Waals surface area contributed by atoms with Crippen molar-refractivity contribution >= 4 is 10.9 Å². The fourth-order valence-corrected chi connectivity index (χ4v) is 2.10. The predicted octanol–water partition coefficient (Wildman–Crippen LogP) is 3.99. The maximum atomic E-state index is 11.9. The van der Waals surface area contributed by atoms with Gasteiger partial charge in [0.15, 0.2) is 0 Å². The molecule has 0 unspecified atom stereocenters. The molecule has 0 saturated heterocycles. The average Bonchev–Trinajstić information content (AvgIpc) is 2.81. The van der Waals surface area contributed by atoms with Gasteiger partial charge in [0.2, 0.25) is 0 Å². The molecule has 2 aromatic rings. The van der Waals surface area contributed by atoms with E-state index < -0.39 is 12.6 Å². The molecular weight excluding hydrogens is 253 g/mol. The molecular formula is C14H17F3N2. The van der Waals surface area contributed by atoms with Crippen LogP contribution in [0.15, 0.2) is 30.5 Å². The Labute approximate surface area is 110 Å². The lowest BCUT2D eigenvalue weighted by molar-refractivity contribution is -0.135. The quantitative estimate of drug-likeness (QED) is 0.763. The number of unbranched alkanes of at least 4 members (excludes halogenated alkanes) is 1. The summed E-state index contributed by atoms with van der Waals surface area (Å²) in [5.74, 6) is 0. The molecule has 0 fully saturated rings. The van der Waals surface area contributed by atoms with Gasteiger partial charge >= 0.3 is 6.18 Å². The van der Waals surface area contributed by atoms with Crippen molar-refractivity contribution < 1.29 is 13.2 Å². The number of hydrogen-bond acceptors (Lipinski definition) is 1. The molecule has 1 aromatic carbocycles. The summed E-state index contributed by atoms with van der Waals surface area (Å²) in [6.07, 6.45) is -2.11. The van der Waals surface area contributed by atoms with Gasteiger partial charge in [0.1, 0.15) is 0 Å². The number of alkyl halides is 3. The zero-order valence-corrected chi connectivity index (χ0v) is 10.6. The first kappa shape index (κ1) is 13.9. The minimum Gasteiger partial charge on any atom is -0.361 e. The Morgan fingerprint density at radius 1 is 1.11 bits per heavy atom. The summed E-state index contributed by atoms with van der Waals surface area (Å²) in [7, 11) is 0. The SMILES string of the molecule is FC(F)(F)CCCCNCc1cccc2cc[nH]c12. The van der Waals surface area contributed by atoms with Crippen LogP contribution in [0, 0.1) is 0 Å². The highest BCUT2D eigenvalue weighted by Crippen LogP contribution is 2.22. The monoisotopic (exact) mass is 270 g/mol. The third-order valence-corrected chi connectivity index (χ3v) is 3.05. The van der Waals surface area contributed by atoms with Gasteiger partial charge in [0.05, 0.1) is 0 Å². The smallest absolute Gasteiger partial charge is 0.361 e. The Balaban J connectivity index is 1.73. The molecule has 1 heterocycles. The van der Waals surface area contributed by atoms with Gasteiger partial charge in [0, 0.05) is 24.7 Å². The van der Waals surface area contributed by atoms with E-state index >= 15 is 0 Å². The molecule has 0 aliphatic heterocycles. The molecule has 0 radical (unpaired) electrons. The van der Waals surface area contributed by atoms with E-state index in [1.165, 1.54) is 0 Å². The molecule has 19 heavy (non-hydrogen) atoms. The third kappa shape index (κ3) is 4.28. The minimum absolute atomic E-state index is 0.184. The lowest BCUT2D eigenvalue weighted by Gasteiger charge is -2.08. The number of para-hydroxylation sites is 1. The molecule has 0 aliphatic carbocycles. The first-order valence-corrected chi connectivity index (χ1v) is 6.39. The number of fused-ring (bicyclic) bond motifs is 1. The molecule has 0 bridgehead atoms. The summed E-state index contributed by atoms with van der Waals surface area (Å²) in [6, 6.07) is 8.03. The Kier molecular flexibility index (Phi) is 4.47. The number of H-pyrrole nitrogens is 1. The van der Waals surface area contributed by atoms with Crippen molar-refractivity contribution in [1.82, 2.24) is 10.3 Å². The molecule has 0 atom stereocenters. The second kappa shape index (κ2) is 6.10. The van der Waals surface area contributed by atoms with Crippen LogP contribution in [-0.2, 0) is 6.54 Å². The standard InChI is InChI=1S/C14H17F3N2/c15-14(16,17)7-1-2-8-18-10-12-5-3-4-11-6-9-19-13(11)12/h3-6,9,18-19H,1-2,7-8,10H2. The zero-order chi connectivity index (χ0) is 13.7. The van der Waals surface area contributed by atoms with E-state index in [2.05, 4.69) is 10.3 Å². The summed E-state index contributed by atoms with van der Waals surface area (Å²) in [5.41, 5.74) is 2.23. The fourth-order valence-electron chi connectivity index (χ4n) is 2.10. The average molecular weight is 270 g/mol. The van der Waals surface area contributed by atoms with Crippen molar-refractivity contribution in [2.75, 3.05) is 6.54 Å². The number of hydrogen-bond donors (Lipinski definition) is 2. The number of aromatic nitrogens is 1. The van der Waals surface area contributed by atoms with Crippen molar-refractivity contribution in [2.24, 2.45) is 0 Å². The molecule has 0 aliphatic rings. The number of benzene rings is 1. The number of nitrogens with one attached hydrogen (secondary N) is 2. The van der Waals surface area contributed by atoms with Crippen LogP contribution < -0.4 is 5.32 Å². The van der Waals surface area contributed by atoms with Gasteiger partial charge in [0.25, 0.3) is 0 Å². The van der Waals surface area contributed by atoms with Crippen LogP contribution in [0.25, 0.3) is 10.9 Å². The Hall–Kier alpha value is -1.49. The lowest BCUT2D eigenvalue weighted by atomic mass is 10.1. The van der Waals surface area contributed by atoms with Gasteiger partial charge in [-0.3, -0.25) is 0 Å². The maximum Gasteiger partial charge on any atom is 0.389 e. The van der Waals surface area contributed by atoms with Gasteiger partial charge in [-0.25, -0.2) is 0 Å². The topological polar surface area (TPSA) is 27.8 Å². The molecule has 2 N–H and O–H groups in total. The summed E-state index contributed by atoms with van der Waals surface area (Å²) in [5, 5.41) is 4.33. The van der Waals surface area contributed by atoms with E-state index in [4.69, 9.17) is 0 Å². The largest absolute Gasteiger partial charge is 0.389 e. The Bertz CT molecular complexity index is 517. The minimum atomic E-state index is -4.03. The highest BCUT2D eigenvalue weighted by atomic mass is 19.4. The molecule has 0 amide bonds. The van der Waals surface area contributed by atoms with Crippen LogP contribution in [0.1, 0.15) is 24.8 Å². The Morgan fingerprint density at radius 3 is 2.74 bits per heavy atom. The first-order chi connectivity index (χ1) is 9.06. The summed E-state index contributed by atoms with van der Waals surface area (Å²) >= 11 is 0. The van der Waals surface area contributed by atoms with Crippen LogP contribution in [0.2, 0.25) is 0 Å². The third-order valence-electron chi connectivity index (χ3n) is 3.05. The van der Waals surface area contributed by atoms with Crippen LogP contribution in [0.5, 0.6) is 0 Å². The molecule has 5 heteroatoms. The van der Waals surface area contributed by atoms with Crippen molar-refractivity contribution in [3.05, 3.63) is 36.0 Å². The molecule has 1 aromatic heterocycles. The lowest BCUT2D eigenvalue weighted by Crippen LogP contribution is -2.16. The van der Waals surface area contributed by atoms with Crippen molar-refractivity contribution in [3.8, 4) is 0 Å². The number of halogens is 3. The second-order valence-corrected chi connectivity index (χ2v) is 4.61. The van der Waals surface area contributed by atoms with Gasteiger partial charge in [-0.1, -0.05) is 18.2 Å². The van der Waals surface area contributed by atoms with Crippen LogP contribution in [-0.4, -0.2) is 17.7 Å². The number of rotatable bonds is 6. The van der Waals surface area contributed by atoms with E-state index in [0.29, 0.717) is 19.5 Å². The highest BCUT2D eigenvalue weighted by molar-refractivity contribution is 5.82. The Morgan fingerprint density at radius 2 is 1.95 bits per heavy atom. The van der Waals surface area contributed by atoms with Crippen molar-refractivity contribution in [2.45, 2.75) is 32.0 Å². The zero-order valence-electron chi connectivity index (χ0n) is 10.6. The first-order valence-electron chi connectivity index (χ1n) is 6.39. The molecule has 104 valence electrons. The fraction of sp³-hybridized carbons (Fsp3) is 0.429. The number of aromatic amines is 1.